The number of nitrogens with zero attached hydrogens (tertiary/aromatic N) is 1. The Kier molecular flexibility index (Phi) is 2.92. The van der Waals surface area contributed by atoms with Crippen LogP contribution in [0.5, 0.6) is 0 Å². The van der Waals surface area contributed by atoms with E-state index in [0.29, 0.717) is 9.26 Å². The number of pyridine rings is 1. The first kappa shape index (κ1) is 12.4. The minimum atomic E-state index is -1.02. The van der Waals surface area contributed by atoms with E-state index >= 15 is 0 Å². The number of aromatic carboxylic acids is 1. The summed E-state index contributed by atoms with van der Waals surface area (Å²) in [7, 11) is 1.62. The lowest BCUT2D eigenvalue weighted by molar-refractivity contribution is 0.0696. The van der Waals surface area contributed by atoms with Crippen LogP contribution in [0.4, 0.5) is 5.69 Å². The van der Waals surface area contributed by atoms with Crippen molar-refractivity contribution in [3.63, 3.8) is 0 Å². The lowest BCUT2D eigenvalue weighted by Crippen LogP contribution is -2.31. The van der Waals surface area contributed by atoms with Gasteiger partial charge in [-0.1, -0.05) is 0 Å². The van der Waals surface area contributed by atoms with Crippen LogP contribution >= 0.6 is 22.6 Å². The van der Waals surface area contributed by atoms with Gasteiger partial charge in [0.15, 0.2) is 0 Å². The fourth-order valence-electron chi connectivity index (χ4n) is 1.81. The minimum Gasteiger partial charge on any atom is -0.478 e. The Labute approximate surface area is 112 Å². The fourth-order valence-corrected chi connectivity index (χ4v) is 2.63. The highest BCUT2D eigenvalue weighted by Gasteiger charge is 2.41. The Balaban J connectivity index is 2.73. The van der Waals surface area contributed by atoms with E-state index in [1.807, 2.05) is 29.5 Å². The first-order valence-electron chi connectivity index (χ1n) is 5.27. The van der Waals surface area contributed by atoms with Crippen molar-refractivity contribution in [3.8, 4) is 0 Å². The molecular formula is C11H13IN2O3. The van der Waals surface area contributed by atoms with Crippen LogP contribution < -0.4 is 10.9 Å². The molecule has 2 rings (SSSR count). The molecule has 0 spiro atoms. The van der Waals surface area contributed by atoms with Crippen molar-refractivity contribution in [2.24, 2.45) is 0 Å². The molecule has 1 saturated carbocycles. The second-order valence-electron chi connectivity index (χ2n) is 4.46. The molecule has 0 aliphatic heterocycles. The van der Waals surface area contributed by atoms with Gasteiger partial charge in [-0.15, -0.1) is 0 Å². The summed E-state index contributed by atoms with van der Waals surface area (Å²) in [5, 5.41) is 11.9. The largest absolute Gasteiger partial charge is 0.478 e. The molecular weight excluding hydrogens is 335 g/mol. The molecule has 0 atom stereocenters. The molecule has 1 aliphatic carbocycles. The van der Waals surface area contributed by atoms with Crippen LogP contribution in [0.1, 0.15) is 30.1 Å². The van der Waals surface area contributed by atoms with Crippen molar-refractivity contribution in [1.29, 1.82) is 0 Å². The number of aromatic nitrogens is 1. The van der Waals surface area contributed by atoms with E-state index in [-0.39, 0.29) is 16.7 Å². The van der Waals surface area contributed by atoms with E-state index < -0.39 is 5.97 Å². The number of anilines is 1. The SMILES string of the molecule is CNc1c(C(=O)O)cn(C2(C)CC2)c(=O)c1I. The van der Waals surface area contributed by atoms with Crippen LogP contribution in [0.2, 0.25) is 0 Å². The first-order chi connectivity index (χ1) is 7.90. The first-order valence-corrected chi connectivity index (χ1v) is 6.35. The van der Waals surface area contributed by atoms with Gasteiger partial charge in [0.25, 0.3) is 5.56 Å². The van der Waals surface area contributed by atoms with Gasteiger partial charge in [0.05, 0.1) is 5.69 Å². The summed E-state index contributed by atoms with van der Waals surface area (Å²) in [5.41, 5.74) is 0.209. The number of carbonyl (C=O) groups is 1. The lowest BCUT2D eigenvalue weighted by Gasteiger charge is -2.17. The number of carboxylic acids is 1. The third kappa shape index (κ3) is 1.94. The van der Waals surface area contributed by atoms with E-state index in [2.05, 4.69) is 5.32 Å². The van der Waals surface area contributed by atoms with Crippen LogP contribution in [-0.2, 0) is 5.54 Å². The summed E-state index contributed by atoms with van der Waals surface area (Å²) < 4.78 is 1.98. The third-order valence-electron chi connectivity index (χ3n) is 3.19. The van der Waals surface area contributed by atoms with Crippen LogP contribution in [-0.4, -0.2) is 22.7 Å². The van der Waals surface area contributed by atoms with E-state index in [1.54, 1.807) is 11.6 Å². The number of halogens is 1. The second kappa shape index (κ2) is 4.01. The van der Waals surface area contributed by atoms with Gasteiger partial charge in [-0.05, 0) is 42.4 Å². The molecule has 5 nitrogen and oxygen atoms in total. The predicted molar refractivity (Wildman–Crippen MR) is 72.8 cm³/mol. The van der Waals surface area contributed by atoms with Crippen molar-refractivity contribution in [2.45, 2.75) is 25.3 Å². The monoisotopic (exact) mass is 348 g/mol. The van der Waals surface area contributed by atoms with Crippen LogP contribution in [0.25, 0.3) is 0 Å². The molecule has 17 heavy (non-hydrogen) atoms. The molecule has 2 N–H and O–H groups in total. The van der Waals surface area contributed by atoms with E-state index in [9.17, 15) is 9.59 Å². The van der Waals surface area contributed by atoms with Gasteiger partial charge < -0.3 is 15.0 Å². The summed E-state index contributed by atoms with van der Waals surface area (Å²) in [4.78, 5) is 23.3. The van der Waals surface area contributed by atoms with Gasteiger partial charge in [-0.2, -0.15) is 0 Å². The molecule has 0 bridgehead atoms. The van der Waals surface area contributed by atoms with Crippen LogP contribution in [0, 0.1) is 3.57 Å². The molecule has 0 unspecified atom stereocenters. The smallest absolute Gasteiger partial charge is 0.339 e. The molecule has 6 heteroatoms. The Morgan fingerprint density at radius 2 is 2.18 bits per heavy atom. The molecule has 1 fully saturated rings. The van der Waals surface area contributed by atoms with E-state index in [4.69, 9.17) is 5.11 Å². The summed E-state index contributed by atoms with van der Waals surface area (Å²) in [6.45, 7) is 1.97. The summed E-state index contributed by atoms with van der Waals surface area (Å²) in [6.07, 6.45) is 3.29. The maximum absolute atomic E-state index is 12.1. The molecule has 1 aromatic heterocycles. The molecule has 0 aromatic carbocycles. The van der Waals surface area contributed by atoms with Crippen LogP contribution in [0.15, 0.2) is 11.0 Å². The molecule has 0 amide bonds. The van der Waals surface area contributed by atoms with Crippen molar-refractivity contribution in [1.82, 2.24) is 4.57 Å². The maximum atomic E-state index is 12.1. The number of hydrogen-bond acceptors (Lipinski definition) is 3. The second-order valence-corrected chi connectivity index (χ2v) is 5.54. The minimum absolute atomic E-state index is 0.125. The molecule has 92 valence electrons. The molecule has 0 radical (unpaired) electrons. The van der Waals surface area contributed by atoms with Gasteiger partial charge in [-0.3, -0.25) is 4.79 Å². The zero-order valence-electron chi connectivity index (χ0n) is 9.58. The van der Waals surface area contributed by atoms with Crippen molar-refractivity contribution in [3.05, 3.63) is 25.7 Å². The average Bonchev–Trinajstić information content (AvgIpc) is 3.00. The predicted octanol–water partition coefficient (Wildman–Crippen LogP) is 1.70. The molecule has 1 aromatic rings. The van der Waals surface area contributed by atoms with Gasteiger partial charge in [0.2, 0.25) is 0 Å². The zero-order valence-corrected chi connectivity index (χ0v) is 11.7. The fraction of sp³-hybridized carbons (Fsp3) is 0.455. The highest BCUT2D eigenvalue weighted by Crippen LogP contribution is 2.42. The van der Waals surface area contributed by atoms with E-state index in [1.165, 1.54) is 6.20 Å². The number of hydrogen-bond donors (Lipinski definition) is 2. The topological polar surface area (TPSA) is 71.3 Å². The number of rotatable bonds is 3. The summed E-state index contributed by atoms with van der Waals surface area (Å²) in [6, 6.07) is 0. The van der Waals surface area contributed by atoms with E-state index in [0.717, 1.165) is 12.8 Å². The summed E-state index contributed by atoms with van der Waals surface area (Å²) in [5.74, 6) is -1.02. The Bertz CT molecular complexity index is 546. The highest BCUT2D eigenvalue weighted by molar-refractivity contribution is 14.1. The quantitative estimate of drug-likeness (QED) is 0.816. The van der Waals surface area contributed by atoms with Gasteiger partial charge in [0.1, 0.15) is 9.13 Å². The molecule has 0 saturated heterocycles. The number of carboxylic acid groups (broad SMARTS) is 1. The zero-order chi connectivity index (χ0) is 12.8. The maximum Gasteiger partial charge on any atom is 0.339 e. The Hall–Kier alpha value is -1.05. The lowest BCUT2D eigenvalue weighted by atomic mass is 10.2. The standard InChI is InChI=1S/C11H13IN2O3/c1-11(3-4-11)14-5-6(10(16)17)8(13-2)7(12)9(14)15/h5,13H,3-4H2,1-2H3,(H,16,17). The van der Waals surface area contributed by atoms with Crippen molar-refractivity contribution < 1.29 is 9.90 Å². The highest BCUT2D eigenvalue weighted by atomic mass is 127. The Morgan fingerprint density at radius 3 is 2.59 bits per heavy atom. The normalized spacial score (nSPS) is 16.6. The van der Waals surface area contributed by atoms with Gasteiger partial charge in [-0.25, -0.2) is 4.79 Å². The molecule has 1 heterocycles. The van der Waals surface area contributed by atoms with Gasteiger partial charge >= 0.3 is 5.97 Å². The van der Waals surface area contributed by atoms with Crippen molar-refractivity contribution in [2.75, 3.05) is 12.4 Å². The van der Waals surface area contributed by atoms with Gasteiger partial charge in [0, 0.05) is 18.8 Å². The average molecular weight is 348 g/mol. The Morgan fingerprint density at radius 1 is 1.59 bits per heavy atom. The van der Waals surface area contributed by atoms with Crippen molar-refractivity contribution >= 4 is 34.2 Å². The molecule has 1 aliphatic rings. The van der Waals surface area contributed by atoms with Crippen LogP contribution in [0.3, 0.4) is 0 Å². The summed E-state index contributed by atoms with van der Waals surface area (Å²) >= 11 is 1.90. The third-order valence-corrected chi connectivity index (χ3v) is 4.19. The number of nitrogens with one attached hydrogen (secondary N) is 1.